The summed E-state index contributed by atoms with van der Waals surface area (Å²) in [5, 5.41) is 67.1. The summed E-state index contributed by atoms with van der Waals surface area (Å²) in [5.41, 5.74) is 0. The molecule has 0 spiro atoms. The predicted octanol–water partition coefficient (Wildman–Crippen LogP) is 37.4. The van der Waals surface area contributed by atoms with Crippen molar-refractivity contribution in [3.05, 3.63) is 0 Å². The maximum atomic E-state index is 10.3. The van der Waals surface area contributed by atoms with Crippen LogP contribution in [0.3, 0.4) is 0 Å². The molecule has 1 unspecified atom stereocenters. The Morgan fingerprint density at radius 1 is 0.144 bits per heavy atom. The number of carboxylic acid groups (broad SMARTS) is 6. The van der Waals surface area contributed by atoms with Crippen molar-refractivity contribution >= 4 is 35.8 Å². The molecule has 0 amide bonds. The van der Waals surface area contributed by atoms with Crippen molar-refractivity contribution in [1.29, 1.82) is 0 Å². The summed E-state index contributed by atoms with van der Waals surface area (Å²) in [7, 11) is 0. The van der Waals surface area contributed by atoms with Crippen molar-refractivity contribution < 1.29 is 69.6 Å². The van der Waals surface area contributed by atoms with Gasteiger partial charge in [0.2, 0.25) is 0 Å². The number of aliphatic carboxylic acids is 6. The number of hydrogen-bond donors (Lipinski definition) is 8. The fourth-order valence-corrected chi connectivity index (χ4v) is 15.9. The van der Waals surface area contributed by atoms with Crippen LogP contribution in [0.5, 0.6) is 0 Å². The van der Waals surface area contributed by atoms with Crippen LogP contribution < -0.4 is 0 Å². The van der Waals surface area contributed by atoms with Crippen molar-refractivity contribution in [2.75, 3.05) is 6.61 Å². The highest BCUT2D eigenvalue weighted by Crippen LogP contribution is 2.22. The molecule has 0 aromatic carbocycles. The van der Waals surface area contributed by atoms with Crippen molar-refractivity contribution in [3.8, 4) is 0 Å². The molecular weight excluding hydrogens is 1560 g/mol. The first kappa shape index (κ1) is 135. The molecule has 8 N–H and O–H groups in total. The molecule has 0 rings (SSSR count). The third-order valence-corrected chi connectivity index (χ3v) is 24.2. The van der Waals surface area contributed by atoms with Gasteiger partial charge >= 0.3 is 35.8 Å². The second kappa shape index (κ2) is 131. The van der Waals surface area contributed by atoms with Crippen LogP contribution >= 0.6 is 0 Å². The van der Waals surface area contributed by atoms with E-state index >= 15 is 0 Å². The maximum Gasteiger partial charge on any atom is 0.303 e. The smallest absolute Gasteiger partial charge is 0.303 e. The number of aliphatic hydroxyl groups excluding tert-OH is 2. The maximum absolute atomic E-state index is 10.3. The van der Waals surface area contributed by atoms with Crippen LogP contribution in [0.4, 0.5) is 0 Å². The van der Waals surface area contributed by atoms with E-state index in [0.717, 1.165) is 77.0 Å². The monoisotopic (exact) mass is 1780 g/mol. The quantitative estimate of drug-likeness (QED) is 0.0263. The van der Waals surface area contributed by atoms with Crippen molar-refractivity contribution in [3.63, 3.8) is 0 Å². The third kappa shape index (κ3) is 168. The van der Waals surface area contributed by atoms with Gasteiger partial charge in [0.15, 0.2) is 0 Å². The van der Waals surface area contributed by atoms with Crippen molar-refractivity contribution in [1.82, 2.24) is 0 Å². The van der Waals surface area contributed by atoms with E-state index in [2.05, 4.69) is 41.5 Å². The zero-order valence-electron chi connectivity index (χ0n) is 85.2. The third-order valence-electron chi connectivity index (χ3n) is 24.2. The molecule has 0 fully saturated rings. The van der Waals surface area contributed by atoms with Crippen molar-refractivity contribution in [2.24, 2.45) is 0 Å². The van der Waals surface area contributed by atoms with Gasteiger partial charge in [0.05, 0.1) is 12.7 Å². The van der Waals surface area contributed by atoms with Gasteiger partial charge in [-0.2, -0.15) is 0 Å². The van der Waals surface area contributed by atoms with Gasteiger partial charge in [-0.15, -0.1) is 0 Å². The van der Waals surface area contributed by atoms with Crippen LogP contribution in [0.15, 0.2) is 0 Å². The summed E-state index contributed by atoms with van der Waals surface area (Å²) in [6, 6.07) is 0. The lowest BCUT2D eigenvalue weighted by atomic mass is 10.0. The molecule has 125 heavy (non-hydrogen) atoms. The predicted molar refractivity (Wildman–Crippen MR) is 542 cm³/mol. The average Bonchev–Trinajstić information content (AvgIpc) is 1.13. The minimum Gasteiger partial charge on any atom is -0.481 e. The molecule has 752 valence electrons. The second-order valence-electron chi connectivity index (χ2n) is 37.6. The number of aliphatic hydroxyl groups is 2. The van der Waals surface area contributed by atoms with E-state index < -0.39 is 41.9 Å². The lowest BCUT2D eigenvalue weighted by Crippen LogP contribution is -2.03. The fourth-order valence-electron chi connectivity index (χ4n) is 15.9. The Hall–Kier alpha value is -3.26. The van der Waals surface area contributed by atoms with E-state index in [9.17, 15) is 28.8 Å². The minimum atomic E-state index is -0.653. The van der Waals surface area contributed by atoms with Gasteiger partial charge < -0.3 is 40.9 Å². The number of hydrogen-bond acceptors (Lipinski definition) is 8. The number of carboxylic acids is 6. The van der Waals surface area contributed by atoms with Crippen LogP contribution in [0.2, 0.25) is 0 Å². The normalized spacial score (nSPS) is 11.0. The van der Waals surface area contributed by atoms with Crippen LogP contribution in [0.25, 0.3) is 0 Å². The Balaban J connectivity index is -0.000000264. The van der Waals surface area contributed by atoms with Crippen molar-refractivity contribution in [2.45, 2.75) is 671 Å². The summed E-state index contributed by atoms with van der Waals surface area (Å²) in [6.45, 7) is 15.0. The van der Waals surface area contributed by atoms with E-state index in [-0.39, 0.29) is 6.61 Å². The van der Waals surface area contributed by atoms with Crippen LogP contribution in [-0.4, -0.2) is 89.4 Å². The van der Waals surface area contributed by atoms with E-state index in [4.69, 9.17) is 40.9 Å². The summed E-state index contributed by atoms with van der Waals surface area (Å²) in [4.78, 5) is 62.0. The Labute approximate surface area is 778 Å². The van der Waals surface area contributed by atoms with E-state index in [0.29, 0.717) is 38.5 Å². The molecule has 0 bridgehead atoms. The molecule has 14 heteroatoms. The largest absolute Gasteiger partial charge is 0.481 e. The highest BCUT2D eigenvalue weighted by atomic mass is 16.4. The Morgan fingerprint density at radius 2 is 0.200 bits per heavy atom. The zero-order valence-corrected chi connectivity index (χ0v) is 85.2. The Bertz CT molecular complexity index is 1620. The molecule has 0 heterocycles. The highest BCUT2D eigenvalue weighted by Gasteiger charge is 2.05. The zero-order chi connectivity index (χ0) is 93.6. The topological polar surface area (TPSA) is 264 Å². The average molecular weight is 1780 g/mol. The van der Waals surface area contributed by atoms with E-state index in [1.165, 1.54) is 508 Å². The number of carbonyl (C=O) groups is 6. The molecule has 1 atom stereocenters. The number of unbranched alkanes of at least 4 members (excludes halogenated alkanes) is 84. The fraction of sp³-hybridized carbons (Fsp3) is 0.946. The molecule has 0 aliphatic rings. The molecule has 0 aromatic heterocycles. The molecule has 0 aliphatic heterocycles. The molecule has 0 aromatic rings. The summed E-state index contributed by atoms with van der Waals surface area (Å²) >= 11 is 0. The molecule has 0 saturated heterocycles. The molecule has 0 saturated carbocycles. The van der Waals surface area contributed by atoms with Crippen LogP contribution in [-0.2, 0) is 28.8 Å². The highest BCUT2D eigenvalue weighted by molar-refractivity contribution is 5.68. The molecule has 14 nitrogen and oxygen atoms in total. The first-order valence-corrected chi connectivity index (χ1v) is 55.5. The first-order chi connectivity index (χ1) is 60.9. The van der Waals surface area contributed by atoms with Crippen LogP contribution in [0, 0.1) is 0 Å². The molecule has 0 aliphatic carbocycles. The Kier molecular flexibility index (Phi) is 142. The summed E-state index contributed by atoms with van der Waals surface area (Å²) in [6.07, 6.45) is 121. The van der Waals surface area contributed by atoms with Gasteiger partial charge in [-0.05, 0) is 45.4 Å². The number of rotatable bonds is 97. The lowest BCUT2D eigenvalue weighted by molar-refractivity contribution is -0.138. The van der Waals surface area contributed by atoms with Gasteiger partial charge in [-0.3, -0.25) is 28.8 Å². The first-order valence-electron chi connectivity index (χ1n) is 55.5. The van der Waals surface area contributed by atoms with Gasteiger partial charge in [-0.1, -0.05) is 581 Å². The standard InChI is InChI=1S/6C18H36O2.C3H8O2/c6*1-2-3-4-5-6-7-8-9-10-11-12-13-14-15-16-17-18(19)20;1-3(5)2-4/h6*2-17H2,1H3,(H,19,20);3-5H,2H2,1H3. The van der Waals surface area contributed by atoms with Gasteiger partial charge in [0.25, 0.3) is 0 Å². The van der Waals surface area contributed by atoms with Gasteiger partial charge in [0.1, 0.15) is 0 Å². The van der Waals surface area contributed by atoms with Crippen LogP contribution in [0.1, 0.15) is 665 Å². The summed E-state index contributed by atoms with van der Waals surface area (Å²) < 4.78 is 0. The summed E-state index contributed by atoms with van der Waals surface area (Å²) in [5.74, 6) is -3.92. The minimum absolute atomic E-state index is 0.139. The van der Waals surface area contributed by atoms with Gasteiger partial charge in [0, 0.05) is 38.5 Å². The van der Waals surface area contributed by atoms with E-state index in [1.807, 2.05) is 0 Å². The lowest BCUT2D eigenvalue weighted by Gasteiger charge is -2.03. The Morgan fingerprint density at radius 3 is 0.248 bits per heavy atom. The molecular formula is C111H224O14. The SMILES string of the molecule is CC(O)CO.CCCCCCCCCCCCCCCCCC(=O)O.CCCCCCCCCCCCCCCCCC(=O)O.CCCCCCCCCCCCCCCCCC(=O)O.CCCCCCCCCCCCCCCCCC(=O)O.CCCCCCCCCCCCCCCCCC(=O)O.CCCCCCCCCCCCCCCCCC(=O)O. The van der Waals surface area contributed by atoms with Gasteiger partial charge in [-0.25, -0.2) is 0 Å². The van der Waals surface area contributed by atoms with E-state index in [1.54, 1.807) is 0 Å². The molecule has 0 radical (unpaired) electrons. The second-order valence-corrected chi connectivity index (χ2v) is 37.6.